The lowest BCUT2D eigenvalue weighted by Gasteiger charge is -2.21. The van der Waals surface area contributed by atoms with Crippen molar-refractivity contribution < 1.29 is 19.0 Å². The van der Waals surface area contributed by atoms with Gasteiger partial charge in [-0.05, 0) is 12.1 Å². The lowest BCUT2D eigenvalue weighted by Crippen LogP contribution is -2.13. The SMILES string of the molecule is COc1ccc2c(c1CN=C=O)COCO2. The van der Waals surface area contributed by atoms with Crippen molar-refractivity contribution in [2.24, 2.45) is 4.99 Å². The lowest BCUT2D eigenvalue weighted by molar-refractivity contribution is -0.0169. The Hall–Kier alpha value is -1.84. The molecule has 0 aliphatic carbocycles. The van der Waals surface area contributed by atoms with E-state index in [4.69, 9.17) is 14.2 Å². The molecule has 1 heterocycles. The number of ether oxygens (including phenoxy) is 3. The minimum absolute atomic E-state index is 0.225. The number of hydrogen-bond acceptors (Lipinski definition) is 5. The average molecular weight is 221 g/mol. The number of isocyanates is 1. The van der Waals surface area contributed by atoms with E-state index >= 15 is 0 Å². The Morgan fingerprint density at radius 1 is 1.56 bits per heavy atom. The summed E-state index contributed by atoms with van der Waals surface area (Å²) in [4.78, 5) is 13.7. The highest BCUT2D eigenvalue weighted by Gasteiger charge is 2.18. The molecule has 0 bridgehead atoms. The Balaban J connectivity index is 2.46. The lowest BCUT2D eigenvalue weighted by atomic mass is 10.1. The summed E-state index contributed by atoms with van der Waals surface area (Å²) < 4.78 is 15.7. The second-order valence-corrected chi connectivity index (χ2v) is 3.24. The number of rotatable bonds is 3. The first-order valence-electron chi connectivity index (χ1n) is 4.79. The molecule has 16 heavy (non-hydrogen) atoms. The number of hydrogen-bond donors (Lipinski definition) is 0. The van der Waals surface area contributed by atoms with Gasteiger partial charge in [0.2, 0.25) is 6.08 Å². The maximum absolute atomic E-state index is 10.2. The monoisotopic (exact) mass is 221 g/mol. The van der Waals surface area contributed by atoms with Crippen LogP contribution in [0.3, 0.4) is 0 Å². The quantitative estimate of drug-likeness (QED) is 0.571. The predicted molar refractivity (Wildman–Crippen MR) is 55.1 cm³/mol. The molecule has 0 saturated carbocycles. The van der Waals surface area contributed by atoms with E-state index in [1.165, 1.54) is 6.08 Å². The zero-order valence-electron chi connectivity index (χ0n) is 8.86. The second-order valence-electron chi connectivity index (χ2n) is 3.24. The Kier molecular flexibility index (Phi) is 3.19. The van der Waals surface area contributed by atoms with Crippen molar-refractivity contribution in [3.8, 4) is 11.5 Å². The Labute approximate surface area is 92.6 Å². The molecule has 0 radical (unpaired) electrons. The first kappa shape index (κ1) is 10.7. The summed E-state index contributed by atoms with van der Waals surface area (Å²) in [5, 5.41) is 0. The molecule has 2 rings (SSSR count). The molecule has 0 fully saturated rings. The van der Waals surface area contributed by atoms with E-state index in [-0.39, 0.29) is 13.3 Å². The summed E-state index contributed by atoms with van der Waals surface area (Å²) in [6.07, 6.45) is 1.51. The minimum Gasteiger partial charge on any atom is -0.496 e. The van der Waals surface area contributed by atoms with Crippen LogP contribution in [0.1, 0.15) is 11.1 Å². The van der Waals surface area contributed by atoms with Gasteiger partial charge in [-0.25, -0.2) is 9.79 Å². The van der Waals surface area contributed by atoms with Gasteiger partial charge >= 0.3 is 0 Å². The van der Waals surface area contributed by atoms with Gasteiger partial charge in [-0.3, -0.25) is 0 Å². The van der Waals surface area contributed by atoms with Crippen molar-refractivity contribution in [1.82, 2.24) is 0 Å². The number of carbonyl (C=O) groups excluding carboxylic acids is 1. The van der Waals surface area contributed by atoms with Crippen LogP contribution in [0.2, 0.25) is 0 Å². The van der Waals surface area contributed by atoms with Crippen LogP contribution < -0.4 is 9.47 Å². The van der Waals surface area contributed by atoms with Gasteiger partial charge in [-0.2, -0.15) is 0 Å². The number of aliphatic imine (C=N–C) groups is 1. The Bertz CT molecular complexity index is 438. The van der Waals surface area contributed by atoms with Crippen LogP contribution in [0.5, 0.6) is 11.5 Å². The maximum Gasteiger partial charge on any atom is 0.235 e. The van der Waals surface area contributed by atoms with Crippen molar-refractivity contribution in [3.05, 3.63) is 23.3 Å². The number of benzene rings is 1. The molecule has 0 spiro atoms. The molecule has 0 saturated heterocycles. The van der Waals surface area contributed by atoms with Gasteiger partial charge in [0, 0.05) is 11.1 Å². The molecule has 0 amide bonds. The fourth-order valence-electron chi connectivity index (χ4n) is 1.67. The van der Waals surface area contributed by atoms with Crippen LogP contribution in [-0.4, -0.2) is 20.0 Å². The van der Waals surface area contributed by atoms with Gasteiger partial charge in [0.15, 0.2) is 6.79 Å². The van der Waals surface area contributed by atoms with E-state index < -0.39 is 0 Å². The van der Waals surface area contributed by atoms with E-state index in [9.17, 15) is 4.79 Å². The van der Waals surface area contributed by atoms with Crippen molar-refractivity contribution in [2.75, 3.05) is 13.9 Å². The smallest absolute Gasteiger partial charge is 0.235 e. The minimum atomic E-state index is 0.225. The van der Waals surface area contributed by atoms with Gasteiger partial charge in [-0.15, -0.1) is 0 Å². The maximum atomic E-state index is 10.2. The van der Waals surface area contributed by atoms with Crippen molar-refractivity contribution in [3.63, 3.8) is 0 Å². The summed E-state index contributed by atoms with van der Waals surface area (Å²) in [5.74, 6) is 1.43. The fourth-order valence-corrected chi connectivity index (χ4v) is 1.67. The normalized spacial score (nSPS) is 13.3. The molecule has 1 aliphatic heterocycles. The van der Waals surface area contributed by atoms with Crippen LogP contribution in [0.15, 0.2) is 17.1 Å². The molecule has 5 heteroatoms. The van der Waals surface area contributed by atoms with Crippen LogP contribution in [0.4, 0.5) is 0 Å². The fraction of sp³-hybridized carbons (Fsp3) is 0.364. The molecule has 0 N–H and O–H groups in total. The molecule has 5 nitrogen and oxygen atoms in total. The van der Waals surface area contributed by atoms with Gasteiger partial charge in [0.05, 0.1) is 20.3 Å². The van der Waals surface area contributed by atoms with Crippen LogP contribution in [-0.2, 0) is 22.7 Å². The third kappa shape index (κ3) is 1.91. The van der Waals surface area contributed by atoms with E-state index in [1.54, 1.807) is 13.2 Å². The summed E-state index contributed by atoms with van der Waals surface area (Å²) in [7, 11) is 1.57. The van der Waals surface area contributed by atoms with Crippen molar-refractivity contribution >= 4 is 6.08 Å². The molecular formula is C11H11NO4. The highest BCUT2D eigenvalue weighted by atomic mass is 16.7. The van der Waals surface area contributed by atoms with Crippen LogP contribution in [0, 0.1) is 0 Å². The molecule has 1 aromatic carbocycles. The molecule has 0 atom stereocenters. The molecule has 1 aromatic rings. The predicted octanol–water partition coefficient (Wildman–Crippen LogP) is 1.40. The largest absolute Gasteiger partial charge is 0.496 e. The van der Waals surface area contributed by atoms with E-state index in [1.807, 2.05) is 6.07 Å². The standard InChI is InChI=1S/C11H11NO4/c1-14-10-2-3-11-9(5-15-7-16-11)8(10)4-12-6-13/h2-3H,4-5,7H2,1H3. The second kappa shape index (κ2) is 4.79. The topological polar surface area (TPSA) is 57.1 Å². The molecular weight excluding hydrogens is 210 g/mol. The van der Waals surface area contributed by atoms with Gasteiger partial charge in [-0.1, -0.05) is 0 Å². The van der Waals surface area contributed by atoms with E-state index in [2.05, 4.69) is 4.99 Å². The van der Waals surface area contributed by atoms with Gasteiger partial charge in [0.25, 0.3) is 0 Å². The number of methoxy groups -OCH3 is 1. The third-order valence-corrected chi connectivity index (χ3v) is 2.41. The molecule has 84 valence electrons. The van der Waals surface area contributed by atoms with Crippen LogP contribution in [0.25, 0.3) is 0 Å². The van der Waals surface area contributed by atoms with Crippen molar-refractivity contribution in [1.29, 1.82) is 0 Å². The summed E-state index contributed by atoms with van der Waals surface area (Å²) in [5.41, 5.74) is 1.69. The summed E-state index contributed by atoms with van der Waals surface area (Å²) >= 11 is 0. The zero-order valence-corrected chi connectivity index (χ0v) is 8.86. The van der Waals surface area contributed by atoms with Gasteiger partial charge in [0.1, 0.15) is 11.5 Å². The van der Waals surface area contributed by atoms with E-state index in [0.29, 0.717) is 12.4 Å². The van der Waals surface area contributed by atoms with E-state index in [0.717, 1.165) is 16.9 Å². The van der Waals surface area contributed by atoms with Gasteiger partial charge < -0.3 is 14.2 Å². The highest BCUT2D eigenvalue weighted by molar-refractivity contribution is 5.49. The number of fused-ring (bicyclic) bond motifs is 1. The number of nitrogens with zero attached hydrogens (tertiary/aromatic N) is 1. The zero-order chi connectivity index (χ0) is 11.4. The summed E-state index contributed by atoms with van der Waals surface area (Å²) in [6, 6.07) is 3.62. The molecule has 0 unspecified atom stereocenters. The molecule has 0 aromatic heterocycles. The van der Waals surface area contributed by atoms with Crippen LogP contribution >= 0.6 is 0 Å². The first-order chi connectivity index (χ1) is 7.86. The summed E-state index contributed by atoms with van der Waals surface area (Å²) in [6.45, 7) is 0.911. The average Bonchev–Trinajstić information content (AvgIpc) is 2.35. The first-order valence-corrected chi connectivity index (χ1v) is 4.79. The Morgan fingerprint density at radius 2 is 2.44 bits per heavy atom. The third-order valence-electron chi connectivity index (χ3n) is 2.41. The molecule has 1 aliphatic rings. The van der Waals surface area contributed by atoms with Crippen molar-refractivity contribution in [2.45, 2.75) is 13.2 Å². The highest BCUT2D eigenvalue weighted by Crippen LogP contribution is 2.33. The Morgan fingerprint density at radius 3 is 3.19 bits per heavy atom.